The molecule has 6 nitrogen and oxygen atoms in total. The predicted molar refractivity (Wildman–Crippen MR) is 124 cm³/mol. The molecule has 4 rings (SSSR count). The highest BCUT2D eigenvalue weighted by Gasteiger charge is 2.27. The van der Waals surface area contributed by atoms with Crippen molar-refractivity contribution in [2.24, 2.45) is 0 Å². The van der Waals surface area contributed by atoms with E-state index >= 15 is 0 Å². The smallest absolute Gasteiger partial charge is 0.309 e. The molecular weight excluding hydrogens is 431 g/mol. The van der Waals surface area contributed by atoms with Crippen LogP contribution in [0.2, 0.25) is 0 Å². The Morgan fingerprint density at radius 3 is 2.45 bits per heavy atom. The number of amides is 1. The summed E-state index contributed by atoms with van der Waals surface area (Å²) in [5.41, 5.74) is 4.86. The van der Waals surface area contributed by atoms with Crippen LogP contribution in [0, 0.1) is 0 Å². The Hall–Kier alpha value is -2.31. The molecule has 0 unspecified atom stereocenters. The van der Waals surface area contributed by atoms with Crippen LogP contribution in [0.1, 0.15) is 41.0 Å². The molecule has 1 aliphatic rings. The molecule has 162 valence electrons. The minimum absolute atomic E-state index is 0.134. The number of rotatable bonds is 8. The highest BCUT2D eigenvalue weighted by Crippen LogP contribution is 2.51. The summed E-state index contributed by atoms with van der Waals surface area (Å²) in [7, 11) is -1.43. The van der Waals surface area contributed by atoms with Gasteiger partial charge < -0.3 is 9.05 Å². The second kappa shape index (κ2) is 9.05. The van der Waals surface area contributed by atoms with Crippen LogP contribution < -0.4 is 4.90 Å². The predicted octanol–water partition coefficient (Wildman–Crippen LogP) is 5.76. The van der Waals surface area contributed by atoms with Crippen LogP contribution in [0.4, 0.5) is 5.13 Å². The van der Waals surface area contributed by atoms with E-state index in [-0.39, 0.29) is 12.1 Å². The van der Waals surface area contributed by atoms with Crippen molar-refractivity contribution >= 4 is 30.0 Å². The lowest BCUT2D eigenvalue weighted by Crippen LogP contribution is -2.26. The summed E-state index contributed by atoms with van der Waals surface area (Å²) in [6, 6.07) is 15.4. The second-order valence-electron chi connectivity index (χ2n) is 7.27. The zero-order valence-corrected chi connectivity index (χ0v) is 19.5. The summed E-state index contributed by atoms with van der Waals surface area (Å²) in [5.74, 6) is -0.134. The van der Waals surface area contributed by atoms with Gasteiger partial charge in [0.15, 0.2) is 5.13 Å². The Bertz CT molecular complexity index is 1130. The van der Waals surface area contributed by atoms with Crippen molar-refractivity contribution in [3.8, 4) is 10.4 Å². The summed E-state index contributed by atoms with van der Waals surface area (Å²) in [5, 5.41) is 0.686. The Kier molecular flexibility index (Phi) is 6.39. The molecule has 8 heteroatoms. The van der Waals surface area contributed by atoms with E-state index in [0.717, 1.165) is 22.6 Å². The second-order valence-corrected chi connectivity index (χ2v) is 10.3. The van der Waals surface area contributed by atoms with Crippen molar-refractivity contribution < 1.29 is 18.4 Å². The number of hydrogen-bond acceptors (Lipinski definition) is 6. The van der Waals surface area contributed by atoms with Crippen LogP contribution in [0.15, 0.2) is 48.5 Å². The van der Waals surface area contributed by atoms with Gasteiger partial charge in [0.1, 0.15) is 0 Å². The summed E-state index contributed by atoms with van der Waals surface area (Å²) in [6.07, 6.45) is 0.982. The Morgan fingerprint density at radius 1 is 1.10 bits per heavy atom. The van der Waals surface area contributed by atoms with Gasteiger partial charge in [0.25, 0.3) is 5.91 Å². The quantitative estimate of drug-likeness (QED) is 0.316. The number of carbonyl (C=O) groups is 1. The normalized spacial score (nSPS) is 12.5. The Balaban J connectivity index is 1.49. The minimum atomic E-state index is -3.18. The van der Waals surface area contributed by atoms with E-state index in [2.05, 4.69) is 12.1 Å². The number of hydrogen-bond donors (Lipinski definition) is 0. The van der Waals surface area contributed by atoms with Crippen LogP contribution in [0.3, 0.4) is 0 Å². The van der Waals surface area contributed by atoms with E-state index in [1.165, 1.54) is 11.1 Å². The lowest BCUT2D eigenvalue weighted by Gasteiger charge is -2.17. The van der Waals surface area contributed by atoms with Gasteiger partial charge in [0.2, 0.25) is 0 Å². The average molecular weight is 457 g/mol. The van der Waals surface area contributed by atoms with Crippen molar-refractivity contribution in [3.05, 3.63) is 70.9 Å². The van der Waals surface area contributed by atoms with E-state index < -0.39 is 7.60 Å². The van der Waals surface area contributed by atoms with Crippen molar-refractivity contribution in [1.29, 1.82) is 0 Å². The van der Waals surface area contributed by atoms with Crippen molar-refractivity contribution in [1.82, 2.24) is 4.98 Å². The van der Waals surface area contributed by atoms with Crippen LogP contribution in [0.5, 0.6) is 0 Å². The van der Waals surface area contributed by atoms with E-state index in [0.29, 0.717) is 23.9 Å². The first-order chi connectivity index (χ1) is 14.9. The number of fused-ring (bicyclic) bond motifs is 3. The van der Waals surface area contributed by atoms with Crippen LogP contribution in [0.25, 0.3) is 10.4 Å². The molecule has 1 heterocycles. The SMILES string of the molecule is CCOP(=O)(Cc1ccc(C(=O)N(C)c2nc3c(s2)-c2ccccc2C3)cc1)OCC. The molecule has 0 aliphatic heterocycles. The lowest BCUT2D eigenvalue weighted by molar-refractivity contribution is 0.0993. The molecule has 1 aliphatic carbocycles. The van der Waals surface area contributed by atoms with Gasteiger partial charge in [0.05, 0.1) is 29.9 Å². The third-order valence-corrected chi connectivity index (χ3v) is 8.39. The monoisotopic (exact) mass is 456 g/mol. The standard InChI is InChI=1S/C23H25N2O4PS/c1-4-28-30(27,29-5-2)15-16-10-12-17(13-11-16)22(26)25(3)23-24-20-14-18-8-6-7-9-19(18)21(20)31-23/h6-13H,4-5,14-15H2,1-3H3. The highest BCUT2D eigenvalue weighted by molar-refractivity contribution is 7.53. The van der Waals surface area contributed by atoms with Crippen LogP contribution >= 0.6 is 18.9 Å². The molecule has 0 spiro atoms. The first-order valence-electron chi connectivity index (χ1n) is 10.3. The molecule has 1 amide bonds. The van der Waals surface area contributed by atoms with Crippen LogP contribution in [-0.4, -0.2) is 31.2 Å². The number of thiazole rings is 1. The molecule has 31 heavy (non-hydrogen) atoms. The molecular formula is C23H25N2O4PS. The zero-order valence-electron chi connectivity index (χ0n) is 17.8. The third kappa shape index (κ3) is 4.51. The van der Waals surface area contributed by atoms with Gasteiger partial charge in [-0.2, -0.15) is 0 Å². The van der Waals surface area contributed by atoms with Crippen molar-refractivity contribution in [2.75, 3.05) is 25.2 Å². The van der Waals surface area contributed by atoms with E-state index in [1.807, 2.05) is 12.1 Å². The summed E-state index contributed by atoms with van der Waals surface area (Å²) >= 11 is 1.54. The molecule has 0 fully saturated rings. The van der Waals surface area contributed by atoms with Crippen molar-refractivity contribution in [2.45, 2.75) is 26.4 Å². The molecule has 0 bridgehead atoms. The molecule has 0 radical (unpaired) electrons. The molecule has 0 saturated carbocycles. The average Bonchev–Trinajstić information content (AvgIpc) is 3.31. The maximum atomic E-state index is 13.0. The topological polar surface area (TPSA) is 68.7 Å². The van der Waals surface area contributed by atoms with Gasteiger partial charge in [-0.3, -0.25) is 14.3 Å². The summed E-state index contributed by atoms with van der Waals surface area (Å²) < 4.78 is 23.4. The number of benzene rings is 2. The number of nitrogens with zero attached hydrogens (tertiary/aromatic N) is 2. The summed E-state index contributed by atoms with van der Waals surface area (Å²) in [6.45, 7) is 4.22. The number of anilines is 1. The van der Waals surface area contributed by atoms with Gasteiger partial charge in [0, 0.05) is 19.0 Å². The fourth-order valence-corrected chi connectivity index (χ4v) is 6.47. The molecule has 0 saturated heterocycles. The first-order valence-corrected chi connectivity index (χ1v) is 12.8. The van der Waals surface area contributed by atoms with Gasteiger partial charge in [-0.05, 0) is 42.7 Å². The third-order valence-electron chi connectivity index (χ3n) is 5.13. The summed E-state index contributed by atoms with van der Waals surface area (Å²) in [4.78, 5) is 20.5. The van der Waals surface area contributed by atoms with Gasteiger partial charge >= 0.3 is 7.60 Å². The lowest BCUT2D eigenvalue weighted by atomic mass is 10.1. The fraction of sp³-hybridized carbons (Fsp3) is 0.304. The van der Waals surface area contributed by atoms with Gasteiger partial charge in [-0.15, -0.1) is 0 Å². The molecule has 1 aromatic heterocycles. The molecule has 0 atom stereocenters. The number of carbonyl (C=O) groups excluding carboxylic acids is 1. The maximum Gasteiger partial charge on any atom is 0.335 e. The molecule has 3 aromatic rings. The fourth-order valence-electron chi connectivity index (χ4n) is 3.67. The highest BCUT2D eigenvalue weighted by atomic mass is 32.1. The van der Waals surface area contributed by atoms with Crippen LogP contribution in [-0.2, 0) is 26.2 Å². The van der Waals surface area contributed by atoms with E-state index in [4.69, 9.17) is 14.0 Å². The largest absolute Gasteiger partial charge is 0.335 e. The van der Waals surface area contributed by atoms with E-state index in [1.54, 1.807) is 61.4 Å². The van der Waals surface area contributed by atoms with E-state index in [9.17, 15) is 9.36 Å². The van der Waals surface area contributed by atoms with Gasteiger partial charge in [-0.25, -0.2) is 4.98 Å². The minimum Gasteiger partial charge on any atom is -0.309 e. The van der Waals surface area contributed by atoms with Gasteiger partial charge in [-0.1, -0.05) is 47.7 Å². The number of aromatic nitrogens is 1. The molecule has 2 aromatic carbocycles. The Labute approximate surface area is 186 Å². The molecule has 0 N–H and O–H groups in total. The maximum absolute atomic E-state index is 13.0. The van der Waals surface area contributed by atoms with Crippen molar-refractivity contribution in [3.63, 3.8) is 0 Å². The zero-order chi connectivity index (χ0) is 22.0. The first kappa shape index (κ1) is 21.9. The Morgan fingerprint density at radius 2 is 1.77 bits per heavy atom.